The molecule has 0 aromatic heterocycles. The molecule has 0 saturated heterocycles. The second kappa shape index (κ2) is 7.40. The molecule has 0 bridgehead atoms. The summed E-state index contributed by atoms with van der Waals surface area (Å²) in [5.41, 5.74) is 0.256. The summed E-state index contributed by atoms with van der Waals surface area (Å²) in [6.45, 7) is 2.39. The fourth-order valence-corrected chi connectivity index (χ4v) is 2.97. The second-order valence-electron chi connectivity index (χ2n) is 5.74. The van der Waals surface area contributed by atoms with Crippen molar-refractivity contribution in [1.29, 1.82) is 0 Å². The molecule has 1 aromatic rings. The van der Waals surface area contributed by atoms with E-state index in [1.807, 2.05) is 0 Å². The van der Waals surface area contributed by atoms with Gasteiger partial charge in [-0.15, -0.1) is 5.75 Å². The summed E-state index contributed by atoms with van der Waals surface area (Å²) in [6.07, 6.45) is 4.73. The van der Waals surface area contributed by atoms with E-state index in [0.717, 1.165) is 6.42 Å². The molecule has 0 unspecified atom stereocenters. The highest BCUT2D eigenvalue weighted by atomic mass is 32.1. The lowest BCUT2D eigenvalue weighted by atomic mass is 9.86. The van der Waals surface area contributed by atoms with Crippen LogP contribution in [0.3, 0.4) is 0 Å². The topological polar surface area (TPSA) is 90.3 Å². The van der Waals surface area contributed by atoms with Crippen molar-refractivity contribution in [2.75, 3.05) is 0 Å². The molecule has 22 heavy (non-hydrogen) atoms. The molecule has 0 amide bonds. The molecule has 0 heterocycles. The number of hydrogen-bond donors (Lipinski definition) is 2. The standard InChI is InChI=1S/C15H21N3O3S/c1-10-4-2-3-5-13(10)17-15(22)16-9-11-8-12(18(20)21)6-7-14(11)19/h6-8,10,13,19H,2-5,9H2,1H3,(H2,16,17,22)/p-1/t10-,13-/m0/s1. The van der Waals surface area contributed by atoms with Crippen LogP contribution in [0.5, 0.6) is 5.75 Å². The summed E-state index contributed by atoms with van der Waals surface area (Å²) < 4.78 is 0. The normalized spacial score (nSPS) is 21.1. The fourth-order valence-electron chi connectivity index (χ4n) is 2.74. The van der Waals surface area contributed by atoms with Gasteiger partial charge in [0.05, 0.1) is 4.92 Å². The summed E-state index contributed by atoms with van der Waals surface area (Å²) in [5.74, 6) is 0.341. The summed E-state index contributed by atoms with van der Waals surface area (Å²) in [6, 6.07) is 4.08. The fraction of sp³-hybridized carbons (Fsp3) is 0.533. The highest BCUT2D eigenvalue weighted by molar-refractivity contribution is 7.80. The van der Waals surface area contributed by atoms with Gasteiger partial charge in [0.15, 0.2) is 5.11 Å². The number of nitro groups is 1. The Balaban J connectivity index is 1.90. The van der Waals surface area contributed by atoms with Gasteiger partial charge in [-0.2, -0.15) is 0 Å². The van der Waals surface area contributed by atoms with Crippen molar-refractivity contribution in [3.05, 3.63) is 33.9 Å². The molecule has 0 spiro atoms. The summed E-state index contributed by atoms with van der Waals surface area (Å²) >= 11 is 5.26. The van der Waals surface area contributed by atoms with Crippen molar-refractivity contribution in [2.45, 2.75) is 45.2 Å². The van der Waals surface area contributed by atoms with Gasteiger partial charge in [0.2, 0.25) is 0 Å². The zero-order valence-electron chi connectivity index (χ0n) is 12.5. The van der Waals surface area contributed by atoms with Crippen LogP contribution in [-0.4, -0.2) is 16.1 Å². The Morgan fingerprint density at radius 2 is 2.14 bits per heavy atom. The molecule has 6 nitrogen and oxygen atoms in total. The van der Waals surface area contributed by atoms with Gasteiger partial charge in [0.25, 0.3) is 5.69 Å². The molecule has 2 atom stereocenters. The third-order valence-electron chi connectivity index (χ3n) is 4.12. The van der Waals surface area contributed by atoms with Crippen molar-refractivity contribution in [1.82, 2.24) is 10.6 Å². The van der Waals surface area contributed by atoms with Crippen LogP contribution in [0.25, 0.3) is 0 Å². The van der Waals surface area contributed by atoms with Gasteiger partial charge in [-0.3, -0.25) is 10.1 Å². The molecule has 120 valence electrons. The van der Waals surface area contributed by atoms with Crippen molar-refractivity contribution >= 4 is 23.0 Å². The van der Waals surface area contributed by atoms with Crippen LogP contribution in [-0.2, 0) is 6.54 Å². The monoisotopic (exact) mass is 322 g/mol. The van der Waals surface area contributed by atoms with E-state index < -0.39 is 4.92 Å². The number of benzene rings is 1. The molecule has 1 aliphatic rings. The highest BCUT2D eigenvalue weighted by Crippen LogP contribution is 2.24. The molecule has 1 aliphatic carbocycles. The van der Waals surface area contributed by atoms with E-state index in [2.05, 4.69) is 17.6 Å². The Labute approximate surface area is 135 Å². The van der Waals surface area contributed by atoms with Crippen molar-refractivity contribution in [2.24, 2.45) is 5.92 Å². The molecule has 1 aromatic carbocycles. The third kappa shape index (κ3) is 4.30. The van der Waals surface area contributed by atoms with E-state index in [4.69, 9.17) is 12.2 Å². The average molecular weight is 322 g/mol. The van der Waals surface area contributed by atoms with Gasteiger partial charge in [-0.1, -0.05) is 25.8 Å². The van der Waals surface area contributed by atoms with Crippen molar-refractivity contribution in [3.63, 3.8) is 0 Å². The first kappa shape index (κ1) is 16.5. The van der Waals surface area contributed by atoms with Crippen LogP contribution in [0.15, 0.2) is 18.2 Å². The third-order valence-corrected chi connectivity index (χ3v) is 4.38. The minimum absolute atomic E-state index is 0.0869. The zero-order chi connectivity index (χ0) is 16.1. The Kier molecular flexibility index (Phi) is 5.54. The molecule has 0 radical (unpaired) electrons. The summed E-state index contributed by atoms with van der Waals surface area (Å²) in [7, 11) is 0. The van der Waals surface area contributed by atoms with E-state index in [-0.39, 0.29) is 18.0 Å². The van der Waals surface area contributed by atoms with E-state index in [9.17, 15) is 15.2 Å². The number of rotatable bonds is 4. The van der Waals surface area contributed by atoms with Gasteiger partial charge in [0, 0.05) is 24.7 Å². The minimum atomic E-state index is -0.511. The van der Waals surface area contributed by atoms with Crippen LogP contribution in [0.2, 0.25) is 0 Å². The highest BCUT2D eigenvalue weighted by Gasteiger charge is 2.21. The molecular formula is C15H20N3O3S-. The second-order valence-corrected chi connectivity index (χ2v) is 6.15. The van der Waals surface area contributed by atoms with Crippen molar-refractivity contribution < 1.29 is 10.0 Å². The van der Waals surface area contributed by atoms with Crippen LogP contribution >= 0.6 is 12.2 Å². The van der Waals surface area contributed by atoms with E-state index in [1.54, 1.807) is 0 Å². The number of non-ortho nitro benzene ring substituents is 1. The van der Waals surface area contributed by atoms with Crippen molar-refractivity contribution in [3.8, 4) is 5.75 Å². The smallest absolute Gasteiger partial charge is 0.269 e. The SMILES string of the molecule is C[C@H]1CCCC[C@@H]1NC(=S)NCc1cc([N+](=O)[O-])ccc1[O-]. The first-order chi connectivity index (χ1) is 10.5. The van der Waals surface area contributed by atoms with Gasteiger partial charge < -0.3 is 15.7 Å². The maximum absolute atomic E-state index is 11.7. The molecule has 1 saturated carbocycles. The van der Waals surface area contributed by atoms with Gasteiger partial charge in [0.1, 0.15) is 0 Å². The maximum atomic E-state index is 11.7. The average Bonchev–Trinajstić information content (AvgIpc) is 2.48. The molecule has 0 aliphatic heterocycles. The van der Waals surface area contributed by atoms with Gasteiger partial charge >= 0.3 is 0 Å². The van der Waals surface area contributed by atoms with Gasteiger partial charge in [-0.25, -0.2) is 0 Å². The number of nitrogens with zero attached hydrogens (tertiary/aromatic N) is 1. The Morgan fingerprint density at radius 3 is 2.82 bits per heavy atom. The predicted octanol–water partition coefficient (Wildman–Crippen LogP) is 2.21. The Bertz CT molecular complexity index is 565. The van der Waals surface area contributed by atoms with E-state index in [0.29, 0.717) is 22.6 Å². The molecule has 2 N–H and O–H groups in total. The largest absolute Gasteiger partial charge is 0.872 e. The predicted molar refractivity (Wildman–Crippen MR) is 86.5 cm³/mol. The first-order valence-corrected chi connectivity index (χ1v) is 7.87. The lowest BCUT2D eigenvalue weighted by Crippen LogP contribution is -2.45. The number of nitro benzene ring substituents is 1. The lowest BCUT2D eigenvalue weighted by molar-refractivity contribution is -0.385. The number of hydrogen-bond acceptors (Lipinski definition) is 4. The Hall–Kier alpha value is -1.89. The molecule has 2 rings (SSSR count). The maximum Gasteiger partial charge on any atom is 0.269 e. The minimum Gasteiger partial charge on any atom is -0.872 e. The number of nitrogens with one attached hydrogen (secondary N) is 2. The van der Waals surface area contributed by atoms with E-state index in [1.165, 1.54) is 37.5 Å². The molecular weight excluding hydrogens is 302 g/mol. The summed E-state index contributed by atoms with van der Waals surface area (Å²) in [5, 5.41) is 29.2. The first-order valence-electron chi connectivity index (χ1n) is 7.46. The van der Waals surface area contributed by atoms with E-state index >= 15 is 0 Å². The number of thiocarbonyl (C=S) groups is 1. The van der Waals surface area contributed by atoms with Gasteiger partial charge in [-0.05, 0) is 36.5 Å². The quantitative estimate of drug-likeness (QED) is 0.502. The summed E-state index contributed by atoms with van der Waals surface area (Å²) in [4.78, 5) is 10.2. The molecule has 1 fully saturated rings. The Morgan fingerprint density at radius 1 is 1.41 bits per heavy atom. The van der Waals surface area contributed by atoms with Crippen LogP contribution in [0.1, 0.15) is 38.2 Å². The lowest BCUT2D eigenvalue weighted by Gasteiger charge is -2.30. The van der Waals surface area contributed by atoms with Crippen LogP contribution in [0, 0.1) is 16.0 Å². The van der Waals surface area contributed by atoms with Crippen LogP contribution in [0.4, 0.5) is 5.69 Å². The van der Waals surface area contributed by atoms with Crippen LogP contribution < -0.4 is 15.7 Å². The zero-order valence-corrected chi connectivity index (χ0v) is 13.3. The molecule has 7 heteroatoms.